The lowest BCUT2D eigenvalue weighted by Crippen LogP contribution is -2.12. The maximum Gasteiger partial charge on any atom is 0.256 e. The molecule has 0 fully saturated rings. The van der Waals surface area contributed by atoms with E-state index in [0.717, 1.165) is 0 Å². The Kier molecular flexibility index (Phi) is 4.66. The number of halogens is 3. The molecule has 2 aromatic rings. The van der Waals surface area contributed by atoms with Gasteiger partial charge in [-0.05, 0) is 52.3 Å². The van der Waals surface area contributed by atoms with Crippen molar-refractivity contribution in [2.24, 2.45) is 0 Å². The van der Waals surface area contributed by atoms with Crippen LogP contribution in [0.5, 0.6) is 0 Å². The zero-order valence-electron chi connectivity index (χ0n) is 9.95. The molecule has 2 rings (SSSR count). The van der Waals surface area contributed by atoms with E-state index in [2.05, 4.69) is 21.2 Å². The second-order valence-electron chi connectivity index (χ2n) is 3.88. The van der Waals surface area contributed by atoms with Gasteiger partial charge in [0.1, 0.15) is 0 Å². The standard InChI is InChI=1S/C14H7BrCl2N2O/c15-11-6-9(16)2-3-10(11)14(20)19-13-4-1-8(7-18)5-12(13)17/h1-6H,(H,19,20). The summed E-state index contributed by atoms with van der Waals surface area (Å²) >= 11 is 15.1. The average Bonchev–Trinajstić information content (AvgIpc) is 2.40. The zero-order chi connectivity index (χ0) is 14.7. The fourth-order valence-electron chi connectivity index (χ4n) is 1.55. The van der Waals surface area contributed by atoms with Crippen molar-refractivity contribution in [3.8, 4) is 6.07 Å². The van der Waals surface area contributed by atoms with E-state index in [9.17, 15) is 4.79 Å². The Hall–Kier alpha value is -1.54. The van der Waals surface area contributed by atoms with E-state index >= 15 is 0 Å². The molecule has 0 spiro atoms. The molecule has 0 unspecified atom stereocenters. The summed E-state index contributed by atoms with van der Waals surface area (Å²) in [6, 6.07) is 11.5. The van der Waals surface area contributed by atoms with Gasteiger partial charge in [-0.3, -0.25) is 4.79 Å². The van der Waals surface area contributed by atoms with Crippen LogP contribution < -0.4 is 5.32 Å². The molecule has 20 heavy (non-hydrogen) atoms. The van der Waals surface area contributed by atoms with Crippen LogP contribution in [0.15, 0.2) is 40.9 Å². The number of nitriles is 1. The fourth-order valence-corrected chi connectivity index (χ4v) is 2.64. The number of carbonyl (C=O) groups is 1. The lowest BCUT2D eigenvalue weighted by atomic mass is 10.2. The van der Waals surface area contributed by atoms with Crippen LogP contribution in [0, 0.1) is 11.3 Å². The van der Waals surface area contributed by atoms with Gasteiger partial charge in [-0.15, -0.1) is 0 Å². The lowest BCUT2D eigenvalue weighted by Gasteiger charge is -2.09. The average molecular weight is 370 g/mol. The number of nitrogens with zero attached hydrogens (tertiary/aromatic N) is 1. The monoisotopic (exact) mass is 368 g/mol. The molecular weight excluding hydrogens is 363 g/mol. The molecule has 0 bridgehead atoms. The van der Waals surface area contributed by atoms with Crippen molar-refractivity contribution in [1.29, 1.82) is 5.26 Å². The zero-order valence-corrected chi connectivity index (χ0v) is 13.1. The predicted octanol–water partition coefficient (Wildman–Crippen LogP) is 4.88. The van der Waals surface area contributed by atoms with Crippen LogP contribution >= 0.6 is 39.1 Å². The molecule has 0 saturated heterocycles. The summed E-state index contributed by atoms with van der Waals surface area (Å²) in [6.45, 7) is 0. The van der Waals surface area contributed by atoms with Gasteiger partial charge in [0, 0.05) is 9.50 Å². The highest BCUT2D eigenvalue weighted by Gasteiger charge is 2.12. The highest BCUT2D eigenvalue weighted by molar-refractivity contribution is 9.10. The van der Waals surface area contributed by atoms with Crippen LogP contribution in [-0.2, 0) is 0 Å². The molecule has 0 saturated carbocycles. The first-order valence-electron chi connectivity index (χ1n) is 5.47. The molecule has 0 aliphatic rings. The van der Waals surface area contributed by atoms with Crippen molar-refractivity contribution in [3.05, 3.63) is 62.0 Å². The minimum absolute atomic E-state index is 0.308. The molecule has 0 aromatic heterocycles. The number of rotatable bonds is 2. The van der Waals surface area contributed by atoms with Gasteiger partial charge < -0.3 is 5.32 Å². The first kappa shape index (κ1) is 14.9. The highest BCUT2D eigenvalue weighted by Crippen LogP contribution is 2.26. The highest BCUT2D eigenvalue weighted by atomic mass is 79.9. The number of hydrogen-bond acceptors (Lipinski definition) is 2. The topological polar surface area (TPSA) is 52.9 Å². The van der Waals surface area contributed by atoms with Crippen LogP contribution in [0.4, 0.5) is 5.69 Å². The third kappa shape index (κ3) is 3.31. The SMILES string of the molecule is N#Cc1ccc(NC(=O)c2ccc(Cl)cc2Br)c(Cl)c1. The Bertz CT molecular complexity index is 726. The predicted molar refractivity (Wildman–Crippen MR) is 83.3 cm³/mol. The summed E-state index contributed by atoms with van der Waals surface area (Å²) in [6.07, 6.45) is 0. The largest absolute Gasteiger partial charge is 0.321 e. The molecule has 1 amide bonds. The van der Waals surface area contributed by atoms with Gasteiger partial charge >= 0.3 is 0 Å². The number of benzene rings is 2. The normalized spacial score (nSPS) is 9.90. The summed E-state index contributed by atoms with van der Waals surface area (Å²) in [5, 5.41) is 12.3. The third-order valence-electron chi connectivity index (χ3n) is 2.52. The molecule has 3 nitrogen and oxygen atoms in total. The van der Waals surface area contributed by atoms with Crippen molar-refractivity contribution >= 4 is 50.7 Å². The van der Waals surface area contributed by atoms with E-state index in [4.69, 9.17) is 28.5 Å². The Morgan fingerprint density at radius 1 is 1.20 bits per heavy atom. The summed E-state index contributed by atoms with van der Waals surface area (Å²) < 4.78 is 0.590. The molecule has 100 valence electrons. The molecule has 0 radical (unpaired) electrons. The van der Waals surface area contributed by atoms with Crippen molar-refractivity contribution in [3.63, 3.8) is 0 Å². The van der Waals surface area contributed by atoms with Gasteiger partial charge in [-0.25, -0.2) is 0 Å². The maximum atomic E-state index is 12.1. The smallest absolute Gasteiger partial charge is 0.256 e. The van der Waals surface area contributed by atoms with Crippen LogP contribution in [0.25, 0.3) is 0 Å². The quantitative estimate of drug-likeness (QED) is 0.820. The van der Waals surface area contributed by atoms with Gasteiger partial charge in [-0.2, -0.15) is 5.26 Å². The minimum Gasteiger partial charge on any atom is -0.321 e. The van der Waals surface area contributed by atoms with Crippen molar-refractivity contribution < 1.29 is 4.79 Å². The first-order valence-corrected chi connectivity index (χ1v) is 7.02. The van der Waals surface area contributed by atoms with Crippen LogP contribution in [0.1, 0.15) is 15.9 Å². The molecule has 0 atom stereocenters. The molecule has 2 aromatic carbocycles. The second kappa shape index (κ2) is 6.27. The summed E-state index contributed by atoms with van der Waals surface area (Å²) in [5.74, 6) is -0.319. The van der Waals surface area contributed by atoms with Gasteiger partial charge in [0.25, 0.3) is 5.91 Å². The Morgan fingerprint density at radius 3 is 2.55 bits per heavy atom. The molecule has 0 aliphatic heterocycles. The van der Waals surface area contributed by atoms with E-state index in [1.165, 1.54) is 6.07 Å². The van der Waals surface area contributed by atoms with Crippen molar-refractivity contribution in [1.82, 2.24) is 0 Å². The Balaban J connectivity index is 2.26. The van der Waals surface area contributed by atoms with E-state index in [0.29, 0.717) is 31.3 Å². The molecule has 6 heteroatoms. The van der Waals surface area contributed by atoms with E-state index in [-0.39, 0.29) is 5.91 Å². The van der Waals surface area contributed by atoms with Crippen LogP contribution in [0.3, 0.4) is 0 Å². The van der Waals surface area contributed by atoms with Gasteiger partial charge in [0.15, 0.2) is 0 Å². The summed E-state index contributed by atoms with van der Waals surface area (Å²) in [4.78, 5) is 12.1. The van der Waals surface area contributed by atoms with Crippen LogP contribution in [0.2, 0.25) is 10.0 Å². The molecule has 0 aliphatic carbocycles. The van der Waals surface area contributed by atoms with Crippen molar-refractivity contribution in [2.75, 3.05) is 5.32 Å². The lowest BCUT2D eigenvalue weighted by molar-refractivity contribution is 0.102. The molecule has 0 heterocycles. The summed E-state index contributed by atoms with van der Waals surface area (Å²) in [7, 11) is 0. The Labute approximate surface area is 134 Å². The maximum absolute atomic E-state index is 12.1. The third-order valence-corrected chi connectivity index (χ3v) is 3.73. The van der Waals surface area contributed by atoms with Gasteiger partial charge in [-0.1, -0.05) is 23.2 Å². The second-order valence-corrected chi connectivity index (χ2v) is 5.58. The number of carbonyl (C=O) groups excluding carboxylic acids is 1. The fraction of sp³-hybridized carbons (Fsp3) is 0. The molecular formula is C14H7BrCl2N2O. The number of anilines is 1. The number of hydrogen-bond donors (Lipinski definition) is 1. The number of nitrogens with one attached hydrogen (secondary N) is 1. The summed E-state index contributed by atoms with van der Waals surface area (Å²) in [5.41, 5.74) is 1.31. The first-order chi connectivity index (χ1) is 9.51. The van der Waals surface area contributed by atoms with E-state index in [1.54, 1.807) is 30.3 Å². The van der Waals surface area contributed by atoms with E-state index in [1.807, 2.05) is 6.07 Å². The Morgan fingerprint density at radius 2 is 1.95 bits per heavy atom. The van der Waals surface area contributed by atoms with Crippen LogP contribution in [-0.4, -0.2) is 5.91 Å². The van der Waals surface area contributed by atoms with E-state index < -0.39 is 0 Å². The molecule has 1 N–H and O–H groups in total. The minimum atomic E-state index is -0.319. The van der Waals surface area contributed by atoms with Gasteiger partial charge in [0.2, 0.25) is 0 Å². The van der Waals surface area contributed by atoms with Crippen molar-refractivity contribution in [2.45, 2.75) is 0 Å². The van der Waals surface area contributed by atoms with Gasteiger partial charge in [0.05, 0.1) is 27.9 Å². The number of amides is 1.